The molecule has 1 N–H and O–H groups in total. The van der Waals surface area contributed by atoms with E-state index in [1.165, 1.54) is 0 Å². The van der Waals surface area contributed by atoms with Gasteiger partial charge < -0.3 is 14.7 Å². The van der Waals surface area contributed by atoms with Crippen molar-refractivity contribution in [1.29, 1.82) is 0 Å². The van der Waals surface area contributed by atoms with Crippen molar-refractivity contribution >= 4 is 23.4 Å². The van der Waals surface area contributed by atoms with Crippen LogP contribution in [0.5, 0.6) is 0 Å². The Kier molecular flexibility index (Phi) is 4.78. The first-order valence-corrected chi connectivity index (χ1v) is 7.42. The summed E-state index contributed by atoms with van der Waals surface area (Å²) in [6, 6.07) is 0. The number of thioether (sulfide) groups is 1. The molecule has 104 valence electrons. The van der Waals surface area contributed by atoms with Gasteiger partial charge in [0, 0.05) is 6.42 Å². The second-order valence-corrected chi connectivity index (χ2v) is 4.93. The summed E-state index contributed by atoms with van der Waals surface area (Å²) in [7, 11) is 0. The van der Waals surface area contributed by atoms with Crippen molar-refractivity contribution in [1.82, 2.24) is 15.5 Å². The van der Waals surface area contributed by atoms with Crippen LogP contribution < -0.4 is 5.32 Å². The van der Waals surface area contributed by atoms with Crippen LogP contribution in [0.15, 0.2) is 9.68 Å². The van der Waals surface area contributed by atoms with Gasteiger partial charge in [0.1, 0.15) is 0 Å². The van der Waals surface area contributed by atoms with Gasteiger partial charge in [0.25, 0.3) is 5.91 Å². The zero-order valence-electron chi connectivity index (χ0n) is 10.9. The van der Waals surface area contributed by atoms with E-state index in [0.29, 0.717) is 23.9 Å². The maximum Gasteiger partial charge on any atom is 0.264 e. The summed E-state index contributed by atoms with van der Waals surface area (Å²) in [4.78, 5) is 21.0. The number of carbonyl (C=O) groups excluding carboxylic acids is 1. The topological polar surface area (TPSA) is 89.6 Å². The van der Waals surface area contributed by atoms with E-state index < -0.39 is 6.10 Å². The number of oxime groups is 1. The number of nitrogens with one attached hydrogen (secondary N) is 1. The number of aromatic nitrogens is 2. The van der Waals surface area contributed by atoms with Crippen molar-refractivity contribution in [3.8, 4) is 0 Å². The highest BCUT2D eigenvalue weighted by Gasteiger charge is 2.27. The van der Waals surface area contributed by atoms with Gasteiger partial charge in [-0.1, -0.05) is 17.2 Å². The zero-order chi connectivity index (χ0) is 13.7. The first-order chi connectivity index (χ1) is 9.22. The SMILES string of the molecule is CCC1=NO[C@H](C(=O)NCc2nc(CSC)no2)C1. The predicted octanol–water partition coefficient (Wildman–Crippen LogP) is 1.10. The van der Waals surface area contributed by atoms with E-state index in [1.807, 2.05) is 13.2 Å². The van der Waals surface area contributed by atoms with Crippen LogP contribution in [0.4, 0.5) is 0 Å². The lowest BCUT2D eigenvalue weighted by Gasteiger charge is -2.07. The molecule has 0 fully saturated rings. The van der Waals surface area contributed by atoms with E-state index in [-0.39, 0.29) is 12.5 Å². The molecule has 0 unspecified atom stereocenters. The van der Waals surface area contributed by atoms with E-state index in [9.17, 15) is 4.79 Å². The third-order valence-corrected chi connectivity index (χ3v) is 3.17. The normalized spacial score (nSPS) is 18.0. The molecule has 0 saturated heterocycles. The second-order valence-electron chi connectivity index (χ2n) is 4.06. The fraction of sp³-hybridized carbons (Fsp3) is 0.636. The number of hydrogen-bond donors (Lipinski definition) is 1. The maximum absolute atomic E-state index is 11.8. The molecule has 0 radical (unpaired) electrons. The summed E-state index contributed by atoms with van der Waals surface area (Å²) in [5, 5.41) is 10.3. The number of hydrogen-bond acceptors (Lipinski definition) is 7. The molecule has 0 aliphatic carbocycles. The molecule has 2 heterocycles. The number of carbonyl (C=O) groups is 1. The summed E-state index contributed by atoms with van der Waals surface area (Å²) in [6.45, 7) is 2.19. The highest BCUT2D eigenvalue weighted by atomic mass is 32.2. The van der Waals surface area contributed by atoms with Crippen LogP contribution in [0, 0.1) is 0 Å². The molecule has 1 aliphatic heterocycles. The van der Waals surface area contributed by atoms with Gasteiger partial charge in [-0.2, -0.15) is 16.7 Å². The van der Waals surface area contributed by atoms with Gasteiger partial charge in [0.05, 0.1) is 18.0 Å². The van der Waals surface area contributed by atoms with Gasteiger partial charge in [-0.05, 0) is 12.7 Å². The minimum absolute atomic E-state index is 0.210. The third kappa shape index (κ3) is 3.69. The Labute approximate surface area is 115 Å². The fourth-order valence-electron chi connectivity index (χ4n) is 1.60. The van der Waals surface area contributed by atoms with E-state index >= 15 is 0 Å². The van der Waals surface area contributed by atoms with Gasteiger partial charge in [0.2, 0.25) is 12.0 Å². The van der Waals surface area contributed by atoms with Gasteiger partial charge in [-0.15, -0.1) is 0 Å². The average Bonchev–Trinajstić information content (AvgIpc) is 3.05. The van der Waals surface area contributed by atoms with E-state index in [4.69, 9.17) is 9.36 Å². The Balaban J connectivity index is 1.77. The highest BCUT2D eigenvalue weighted by Crippen LogP contribution is 2.12. The molecule has 8 heteroatoms. The minimum Gasteiger partial charge on any atom is -0.382 e. The van der Waals surface area contributed by atoms with Gasteiger partial charge >= 0.3 is 0 Å². The third-order valence-electron chi connectivity index (χ3n) is 2.63. The van der Waals surface area contributed by atoms with Crippen LogP contribution in [0.2, 0.25) is 0 Å². The minimum atomic E-state index is -0.538. The van der Waals surface area contributed by atoms with Crippen LogP contribution in [-0.4, -0.2) is 34.1 Å². The first kappa shape index (κ1) is 13.9. The van der Waals surface area contributed by atoms with Crippen LogP contribution >= 0.6 is 11.8 Å². The molecule has 1 atom stereocenters. The molecule has 0 bridgehead atoms. The van der Waals surface area contributed by atoms with Gasteiger partial charge in [0.15, 0.2) is 5.82 Å². The molecule has 1 aliphatic rings. The van der Waals surface area contributed by atoms with Crippen LogP contribution in [0.25, 0.3) is 0 Å². The summed E-state index contributed by atoms with van der Waals surface area (Å²) in [5.74, 6) is 1.51. The first-order valence-electron chi connectivity index (χ1n) is 6.02. The largest absolute Gasteiger partial charge is 0.382 e. The summed E-state index contributed by atoms with van der Waals surface area (Å²) in [6.07, 6.45) is 2.76. The second kappa shape index (κ2) is 6.55. The molecular formula is C11H16N4O3S. The van der Waals surface area contributed by atoms with Crippen LogP contribution in [0.3, 0.4) is 0 Å². The van der Waals surface area contributed by atoms with Crippen molar-refractivity contribution in [2.75, 3.05) is 6.26 Å². The Morgan fingerprint density at radius 3 is 3.11 bits per heavy atom. The lowest BCUT2D eigenvalue weighted by Crippen LogP contribution is -2.34. The Morgan fingerprint density at radius 2 is 2.42 bits per heavy atom. The Bertz CT molecular complexity index is 474. The maximum atomic E-state index is 11.8. The van der Waals surface area contributed by atoms with E-state index in [2.05, 4.69) is 20.6 Å². The standard InChI is InChI=1S/C11H16N4O3S/c1-3-7-4-8(17-14-7)11(16)12-5-10-13-9(6-19-2)15-18-10/h8H,3-6H2,1-2H3,(H,12,16)/t8-/m0/s1. The monoisotopic (exact) mass is 284 g/mol. The molecular weight excluding hydrogens is 268 g/mol. The lowest BCUT2D eigenvalue weighted by atomic mass is 10.1. The average molecular weight is 284 g/mol. The Hall–Kier alpha value is -1.57. The molecule has 2 rings (SSSR count). The molecule has 0 aromatic carbocycles. The quantitative estimate of drug-likeness (QED) is 0.841. The van der Waals surface area contributed by atoms with Crippen molar-refractivity contribution in [2.45, 2.75) is 38.2 Å². The molecule has 0 saturated carbocycles. The van der Waals surface area contributed by atoms with Crippen molar-refractivity contribution < 1.29 is 14.2 Å². The van der Waals surface area contributed by atoms with Crippen LogP contribution in [0.1, 0.15) is 31.5 Å². The molecule has 1 amide bonds. The number of rotatable bonds is 6. The molecule has 7 nitrogen and oxygen atoms in total. The predicted molar refractivity (Wildman–Crippen MR) is 70.6 cm³/mol. The van der Waals surface area contributed by atoms with Gasteiger partial charge in [-0.3, -0.25) is 4.79 Å². The van der Waals surface area contributed by atoms with Gasteiger partial charge in [-0.25, -0.2) is 0 Å². The fourth-order valence-corrected chi connectivity index (χ4v) is 1.98. The van der Waals surface area contributed by atoms with Crippen LogP contribution in [-0.2, 0) is 21.9 Å². The number of amides is 1. The van der Waals surface area contributed by atoms with E-state index in [1.54, 1.807) is 11.8 Å². The molecule has 19 heavy (non-hydrogen) atoms. The van der Waals surface area contributed by atoms with Crippen molar-refractivity contribution in [3.63, 3.8) is 0 Å². The summed E-state index contributed by atoms with van der Waals surface area (Å²) in [5.41, 5.74) is 0.903. The summed E-state index contributed by atoms with van der Waals surface area (Å²) < 4.78 is 5.01. The molecule has 0 spiro atoms. The number of nitrogens with zero attached hydrogens (tertiary/aromatic N) is 3. The summed E-state index contributed by atoms with van der Waals surface area (Å²) >= 11 is 1.61. The molecule has 1 aromatic heterocycles. The van der Waals surface area contributed by atoms with Crippen molar-refractivity contribution in [3.05, 3.63) is 11.7 Å². The van der Waals surface area contributed by atoms with Crippen molar-refractivity contribution in [2.24, 2.45) is 5.16 Å². The zero-order valence-corrected chi connectivity index (χ0v) is 11.7. The highest BCUT2D eigenvalue weighted by molar-refractivity contribution is 7.97. The Morgan fingerprint density at radius 1 is 1.58 bits per heavy atom. The smallest absolute Gasteiger partial charge is 0.264 e. The van der Waals surface area contributed by atoms with E-state index in [0.717, 1.165) is 12.1 Å². The lowest BCUT2D eigenvalue weighted by molar-refractivity contribution is -0.131. The molecule has 1 aromatic rings.